The Morgan fingerprint density at radius 1 is 1.07 bits per heavy atom. The maximum Gasteiger partial charge on any atom is 0.329 e. The lowest BCUT2D eigenvalue weighted by molar-refractivity contribution is -0.149. The number of amides is 2. The summed E-state index contributed by atoms with van der Waals surface area (Å²) >= 11 is 0. The predicted molar refractivity (Wildman–Crippen MR) is 106 cm³/mol. The number of hydrogen-bond donors (Lipinski definition) is 3. The summed E-state index contributed by atoms with van der Waals surface area (Å²) in [5.74, 6) is -3.91. The number of urea groups is 1. The second-order valence-electron chi connectivity index (χ2n) is 7.47. The van der Waals surface area contributed by atoms with Crippen LogP contribution in [-0.2, 0) is 4.79 Å². The Morgan fingerprint density at radius 3 is 2.43 bits per heavy atom. The van der Waals surface area contributed by atoms with Crippen LogP contribution >= 0.6 is 0 Å². The maximum atomic E-state index is 13.5. The Labute approximate surface area is 170 Å². The molecule has 0 radical (unpaired) electrons. The Bertz CT molecular complexity index is 1130. The molecule has 7 nitrogen and oxygen atoms in total. The smallest absolute Gasteiger partial charge is 0.329 e. The molecule has 3 N–H and O–H groups in total. The first-order valence-electron chi connectivity index (χ1n) is 9.43. The first-order chi connectivity index (χ1) is 14.2. The molecule has 0 aliphatic heterocycles. The van der Waals surface area contributed by atoms with Crippen LogP contribution in [0.15, 0.2) is 40.8 Å². The fourth-order valence-electron chi connectivity index (χ4n) is 3.82. The highest BCUT2D eigenvalue weighted by atomic mass is 19.3. The number of methoxy groups -OCH3 is 1. The van der Waals surface area contributed by atoms with Crippen LogP contribution in [0.4, 0.5) is 19.3 Å². The average molecular weight is 418 g/mol. The molecule has 3 aromatic rings. The molecule has 1 aliphatic carbocycles. The van der Waals surface area contributed by atoms with Crippen LogP contribution in [0.5, 0.6) is 5.75 Å². The number of carbonyl (C=O) groups is 2. The fraction of sp³-hybridized carbons (Fsp3) is 0.333. The molecule has 1 heterocycles. The SMILES string of the molecule is COc1cc2c(cc1NC(=O)NC1(C(=O)O)CCC(F)(F)CC1)oc1ccccc12. The van der Waals surface area contributed by atoms with E-state index in [1.165, 1.54) is 7.11 Å². The van der Waals surface area contributed by atoms with Crippen molar-refractivity contribution in [2.75, 3.05) is 12.4 Å². The van der Waals surface area contributed by atoms with Crippen LogP contribution in [-0.4, -0.2) is 35.7 Å². The van der Waals surface area contributed by atoms with Gasteiger partial charge in [-0.15, -0.1) is 0 Å². The molecule has 2 amide bonds. The fourth-order valence-corrected chi connectivity index (χ4v) is 3.82. The van der Waals surface area contributed by atoms with Gasteiger partial charge >= 0.3 is 12.0 Å². The summed E-state index contributed by atoms with van der Waals surface area (Å²) in [4.78, 5) is 24.3. The lowest BCUT2D eigenvalue weighted by Crippen LogP contribution is -2.58. The molecule has 2 aromatic carbocycles. The summed E-state index contributed by atoms with van der Waals surface area (Å²) in [6.07, 6.45) is -1.92. The molecular formula is C21H20F2N2O5. The second-order valence-corrected chi connectivity index (χ2v) is 7.47. The van der Waals surface area contributed by atoms with Crippen LogP contribution in [0.1, 0.15) is 25.7 Å². The molecule has 1 saturated carbocycles. The molecule has 0 unspecified atom stereocenters. The van der Waals surface area contributed by atoms with Crippen molar-refractivity contribution in [1.82, 2.24) is 5.32 Å². The van der Waals surface area contributed by atoms with Crippen molar-refractivity contribution in [2.24, 2.45) is 0 Å². The van der Waals surface area contributed by atoms with Gasteiger partial charge in [0.2, 0.25) is 5.92 Å². The number of furan rings is 1. The zero-order valence-electron chi connectivity index (χ0n) is 16.1. The van der Waals surface area contributed by atoms with E-state index in [9.17, 15) is 23.5 Å². The third-order valence-electron chi connectivity index (χ3n) is 5.54. The molecule has 0 atom stereocenters. The van der Waals surface area contributed by atoms with Crippen molar-refractivity contribution >= 4 is 39.6 Å². The van der Waals surface area contributed by atoms with Crippen LogP contribution in [0, 0.1) is 0 Å². The van der Waals surface area contributed by atoms with Crippen molar-refractivity contribution in [3.63, 3.8) is 0 Å². The van der Waals surface area contributed by atoms with Gasteiger partial charge in [0.15, 0.2) is 0 Å². The summed E-state index contributed by atoms with van der Waals surface area (Å²) in [6.45, 7) is 0. The van der Waals surface area contributed by atoms with E-state index in [0.717, 1.165) is 10.8 Å². The highest BCUT2D eigenvalue weighted by Crippen LogP contribution is 2.39. The normalized spacial score (nSPS) is 17.6. The number of carboxylic acid groups (broad SMARTS) is 1. The van der Waals surface area contributed by atoms with Gasteiger partial charge in [-0.1, -0.05) is 18.2 Å². The molecule has 1 fully saturated rings. The number of benzene rings is 2. The standard InChI is InChI=1S/C21H20F2N2O5/c1-29-17-10-13-12-4-2-3-5-15(12)30-16(13)11-14(17)24-19(28)25-20(18(26)27)6-8-21(22,23)9-7-20/h2-5,10-11H,6-9H2,1H3,(H,26,27)(H2,24,25,28). The van der Waals surface area contributed by atoms with Gasteiger partial charge in [-0.05, 0) is 25.0 Å². The van der Waals surface area contributed by atoms with Crippen LogP contribution in [0.2, 0.25) is 0 Å². The number of para-hydroxylation sites is 1. The van der Waals surface area contributed by atoms with Gasteiger partial charge < -0.3 is 24.9 Å². The molecule has 0 bridgehead atoms. The maximum absolute atomic E-state index is 13.5. The summed E-state index contributed by atoms with van der Waals surface area (Å²) in [6, 6.07) is 9.90. The Morgan fingerprint density at radius 2 is 1.77 bits per heavy atom. The number of aliphatic carboxylic acids is 1. The average Bonchev–Trinajstić information content (AvgIpc) is 3.06. The zero-order valence-corrected chi connectivity index (χ0v) is 16.1. The number of fused-ring (bicyclic) bond motifs is 3. The predicted octanol–water partition coefficient (Wildman–Crippen LogP) is 4.75. The van der Waals surface area contributed by atoms with Crippen molar-refractivity contribution in [1.29, 1.82) is 0 Å². The van der Waals surface area contributed by atoms with Crippen molar-refractivity contribution in [2.45, 2.75) is 37.1 Å². The van der Waals surface area contributed by atoms with Gasteiger partial charge in [0, 0.05) is 29.7 Å². The number of anilines is 1. The summed E-state index contributed by atoms with van der Waals surface area (Å²) < 4.78 is 38.1. The molecule has 1 aromatic heterocycles. The third-order valence-corrected chi connectivity index (χ3v) is 5.54. The van der Waals surface area contributed by atoms with Crippen LogP contribution in [0.3, 0.4) is 0 Å². The second kappa shape index (κ2) is 7.16. The third kappa shape index (κ3) is 3.51. The van der Waals surface area contributed by atoms with E-state index in [-0.39, 0.29) is 18.5 Å². The summed E-state index contributed by atoms with van der Waals surface area (Å²) in [5, 5.41) is 16.2. The molecule has 158 valence electrons. The Kier molecular flexibility index (Phi) is 4.76. The van der Waals surface area contributed by atoms with E-state index >= 15 is 0 Å². The van der Waals surface area contributed by atoms with Gasteiger partial charge in [0.1, 0.15) is 22.5 Å². The van der Waals surface area contributed by atoms with Gasteiger partial charge in [0.25, 0.3) is 0 Å². The summed E-state index contributed by atoms with van der Waals surface area (Å²) in [7, 11) is 1.44. The number of carboxylic acids is 1. The number of ether oxygens (including phenoxy) is 1. The molecule has 1 aliphatic rings. The highest BCUT2D eigenvalue weighted by Gasteiger charge is 2.49. The zero-order chi connectivity index (χ0) is 21.5. The van der Waals surface area contributed by atoms with E-state index in [4.69, 9.17) is 9.15 Å². The largest absolute Gasteiger partial charge is 0.495 e. The summed E-state index contributed by atoms with van der Waals surface area (Å²) in [5.41, 5.74) is -0.299. The molecular weight excluding hydrogens is 398 g/mol. The Balaban J connectivity index is 1.60. The van der Waals surface area contributed by atoms with Crippen molar-refractivity contribution in [3.05, 3.63) is 36.4 Å². The number of rotatable bonds is 4. The number of nitrogens with one attached hydrogen (secondary N) is 2. The van der Waals surface area contributed by atoms with Crippen LogP contribution < -0.4 is 15.4 Å². The first kappa shape index (κ1) is 19.9. The number of carbonyl (C=O) groups excluding carboxylic acids is 1. The number of hydrogen-bond acceptors (Lipinski definition) is 4. The molecule has 0 saturated heterocycles. The van der Waals surface area contributed by atoms with Gasteiger partial charge in [0.05, 0.1) is 12.8 Å². The number of halogens is 2. The molecule has 0 spiro atoms. The van der Waals surface area contributed by atoms with E-state index in [2.05, 4.69) is 10.6 Å². The minimum absolute atomic E-state index is 0.267. The topological polar surface area (TPSA) is 101 Å². The monoisotopic (exact) mass is 418 g/mol. The lowest BCUT2D eigenvalue weighted by atomic mass is 9.80. The first-order valence-corrected chi connectivity index (χ1v) is 9.43. The molecule has 9 heteroatoms. The van der Waals surface area contributed by atoms with Crippen LogP contribution in [0.25, 0.3) is 21.9 Å². The van der Waals surface area contributed by atoms with E-state index < -0.39 is 36.3 Å². The van der Waals surface area contributed by atoms with E-state index in [1.54, 1.807) is 12.1 Å². The quantitative estimate of drug-likeness (QED) is 0.568. The van der Waals surface area contributed by atoms with Gasteiger partial charge in [-0.25, -0.2) is 18.4 Å². The highest BCUT2D eigenvalue weighted by molar-refractivity contribution is 6.07. The van der Waals surface area contributed by atoms with E-state index in [0.29, 0.717) is 16.9 Å². The number of alkyl halides is 2. The molecule has 30 heavy (non-hydrogen) atoms. The van der Waals surface area contributed by atoms with E-state index in [1.807, 2.05) is 24.3 Å². The Hall–Kier alpha value is -3.36. The van der Waals surface area contributed by atoms with Gasteiger partial charge in [-0.3, -0.25) is 0 Å². The van der Waals surface area contributed by atoms with Gasteiger partial charge in [-0.2, -0.15) is 0 Å². The minimum atomic E-state index is -2.92. The minimum Gasteiger partial charge on any atom is -0.495 e. The lowest BCUT2D eigenvalue weighted by Gasteiger charge is -2.37. The van der Waals surface area contributed by atoms with Crippen molar-refractivity contribution < 1.29 is 32.6 Å². The van der Waals surface area contributed by atoms with Crippen molar-refractivity contribution in [3.8, 4) is 5.75 Å². The molecule has 4 rings (SSSR count).